The van der Waals surface area contributed by atoms with E-state index in [1.165, 1.54) is 11.1 Å². The van der Waals surface area contributed by atoms with Gasteiger partial charge in [0, 0.05) is 12.6 Å². The second-order valence-electron chi connectivity index (χ2n) is 6.82. The van der Waals surface area contributed by atoms with Crippen molar-refractivity contribution in [2.45, 2.75) is 52.7 Å². The summed E-state index contributed by atoms with van der Waals surface area (Å²) in [6.07, 6.45) is 20.4. The van der Waals surface area contributed by atoms with Crippen molar-refractivity contribution in [3.63, 3.8) is 0 Å². The standard InChI is InChI=1S/C23H31N4/c1-3-22-11-7-8-12-23(22)19-27-18-17-26(21-27)14-10-6-5-9-13-25-16-15-24(4-2)20-25/h5-8,11-12,14-18,20-21H,3-4,9-10,13,19H2,1-2H3/q+1/b6-5-. The minimum absolute atomic E-state index is 0.926. The van der Waals surface area contributed by atoms with E-state index in [1.807, 2.05) is 0 Å². The Morgan fingerprint density at radius 2 is 1.78 bits per heavy atom. The zero-order valence-corrected chi connectivity index (χ0v) is 16.5. The minimum atomic E-state index is 0.926. The first-order chi connectivity index (χ1) is 13.3. The van der Waals surface area contributed by atoms with Gasteiger partial charge in [0.25, 0.3) is 0 Å². The molecule has 0 radical (unpaired) electrons. The van der Waals surface area contributed by atoms with E-state index < -0.39 is 0 Å². The van der Waals surface area contributed by atoms with Crippen molar-refractivity contribution in [1.82, 2.24) is 9.13 Å². The minimum Gasteiger partial charge on any atom is -0.371 e. The van der Waals surface area contributed by atoms with Crippen LogP contribution in [0.1, 0.15) is 37.8 Å². The first kappa shape index (κ1) is 19.0. The summed E-state index contributed by atoms with van der Waals surface area (Å²) in [4.78, 5) is 0. The van der Waals surface area contributed by atoms with Crippen LogP contribution in [0.15, 0.2) is 73.9 Å². The van der Waals surface area contributed by atoms with E-state index in [0.717, 1.165) is 38.9 Å². The second kappa shape index (κ2) is 9.81. The van der Waals surface area contributed by atoms with Crippen LogP contribution < -0.4 is 9.13 Å². The third kappa shape index (κ3) is 5.61. The lowest BCUT2D eigenvalue weighted by atomic mass is 10.1. The smallest absolute Gasteiger partial charge is 0.243 e. The predicted molar refractivity (Wildman–Crippen MR) is 108 cm³/mol. The van der Waals surface area contributed by atoms with Crippen LogP contribution in [0.3, 0.4) is 0 Å². The van der Waals surface area contributed by atoms with Gasteiger partial charge in [-0.25, -0.2) is 9.13 Å². The van der Waals surface area contributed by atoms with Crippen LogP contribution >= 0.6 is 0 Å². The molecule has 0 saturated carbocycles. The van der Waals surface area contributed by atoms with Crippen LogP contribution in [-0.4, -0.2) is 9.13 Å². The fourth-order valence-electron chi connectivity index (χ4n) is 3.24. The monoisotopic (exact) mass is 363 g/mol. The van der Waals surface area contributed by atoms with E-state index in [1.54, 1.807) is 0 Å². The van der Waals surface area contributed by atoms with E-state index in [-0.39, 0.29) is 0 Å². The zero-order valence-electron chi connectivity index (χ0n) is 16.5. The second-order valence-corrected chi connectivity index (χ2v) is 6.82. The van der Waals surface area contributed by atoms with Crippen molar-refractivity contribution in [3.05, 3.63) is 91.5 Å². The Kier molecular flexibility index (Phi) is 6.91. The molecule has 4 heteroatoms. The van der Waals surface area contributed by atoms with Gasteiger partial charge in [-0.15, -0.1) is 0 Å². The van der Waals surface area contributed by atoms with Gasteiger partial charge in [0.05, 0.1) is 19.3 Å². The highest BCUT2D eigenvalue weighted by atomic mass is 15.1. The molecule has 0 N–H and O–H groups in total. The number of benzene rings is 1. The predicted octanol–water partition coefficient (Wildman–Crippen LogP) is 3.54. The normalized spacial score (nSPS) is 11.3. The highest BCUT2D eigenvalue weighted by Crippen LogP contribution is 2.09. The van der Waals surface area contributed by atoms with Crippen LogP contribution in [0.4, 0.5) is 0 Å². The van der Waals surface area contributed by atoms with E-state index in [0.29, 0.717) is 0 Å². The Morgan fingerprint density at radius 1 is 0.963 bits per heavy atom. The molecule has 0 aliphatic rings. The van der Waals surface area contributed by atoms with Crippen molar-refractivity contribution < 1.29 is 9.13 Å². The Balaban J connectivity index is 1.41. The number of imidazole rings is 2. The molecule has 1 aromatic carbocycles. The number of aromatic nitrogens is 4. The van der Waals surface area contributed by atoms with Gasteiger partial charge in [-0.3, -0.25) is 4.57 Å². The number of rotatable bonds is 10. The molecule has 0 saturated heterocycles. The molecule has 0 atom stereocenters. The van der Waals surface area contributed by atoms with Crippen LogP contribution in [-0.2, 0) is 26.1 Å². The molecular formula is C23H31N4+. The van der Waals surface area contributed by atoms with Gasteiger partial charge in [0.1, 0.15) is 25.3 Å². The van der Waals surface area contributed by atoms with Gasteiger partial charge in [0.15, 0.2) is 0 Å². The molecule has 3 aromatic rings. The third-order valence-corrected chi connectivity index (χ3v) is 4.85. The lowest BCUT2D eigenvalue weighted by molar-refractivity contribution is -0.695. The van der Waals surface area contributed by atoms with Gasteiger partial charge in [0.2, 0.25) is 6.33 Å². The first-order valence-corrected chi connectivity index (χ1v) is 9.95. The topological polar surface area (TPSA) is 17.6 Å². The Morgan fingerprint density at radius 3 is 2.56 bits per heavy atom. The van der Waals surface area contributed by atoms with Gasteiger partial charge in [-0.05, 0) is 37.4 Å². The first-order valence-electron chi connectivity index (χ1n) is 9.95. The third-order valence-electron chi connectivity index (χ3n) is 4.85. The summed E-state index contributed by atoms with van der Waals surface area (Å²) in [5.41, 5.74) is 2.83. The molecule has 0 unspecified atom stereocenters. The maximum atomic E-state index is 2.27. The van der Waals surface area contributed by atoms with Crippen molar-refractivity contribution in [1.29, 1.82) is 0 Å². The number of aryl methyl sites for hydroxylation is 3. The van der Waals surface area contributed by atoms with Crippen LogP contribution in [0, 0.1) is 6.54 Å². The Labute approximate surface area is 163 Å². The Hall–Kier alpha value is -2.75. The quantitative estimate of drug-likeness (QED) is 0.298. The summed E-state index contributed by atoms with van der Waals surface area (Å²) in [5, 5.41) is 0. The van der Waals surface area contributed by atoms with Crippen LogP contribution in [0.5, 0.6) is 0 Å². The maximum Gasteiger partial charge on any atom is 0.243 e. The number of hydrogen-bond donors (Lipinski definition) is 0. The summed E-state index contributed by atoms with van der Waals surface area (Å²) >= 11 is 0. The highest BCUT2D eigenvalue weighted by molar-refractivity contribution is 5.26. The summed E-state index contributed by atoms with van der Waals surface area (Å²) in [7, 11) is 0. The Bertz CT molecular complexity index is 857. The summed E-state index contributed by atoms with van der Waals surface area (Å²) in [6, 6.07) is 8.69. The molecular weight excluding hydrogens is 332 g/mol. The molecule has 2 heterocycles. The summed E-state index contributed by atoms with van der Waals surface area (Å²) < 4.78 is 8.82. The van der Waals surface area contributed by atoms with E-state index in [4.69, 9.17) is 0 Å². The highest BCUT2D eigenvalue weighted by Gasteiger charge is 2.03. The van der Waals surface area contributed by atoms with Crippen molar-refractivity contribution in [2.24, 2.45) is 0 Å². The number of allylic oxidation sites excluding steroid dienone is 2. The molecule has 0 spiro atoms. The van der Waals surface area contributed by atoms with Crippen molar-refractivity contribution >= 4 is 0 Å². The average molecular weight is 364 g/mol. The number of nitrogens with zero attached hydrogens (tertiary/aromatic N) is 4. The lowest BCUT2D eigenvalue weighted by Gasteiger charge is -2.06. The number of hydrogen-bond acceptors (Lipinski definition) is 0. The SMILES string of the molecule is CCc1ccccc1C[n+]1ccn([CH-]C/C=C\CC[n+]2ccn(CC)c2)c1. The summed E-state index contributed by atoms with van der Waals surface area (Å²) in [5.74, 6) is 0. The van der Waals surface area contributed by atoms with Crippen LogP contribution in [0.2, 0.25) is 0 Å². The van der Waals surface area contributed by atoms with E-state index >= 15 is 0 Å². The molecule has 0 fully saturated rings. The van der Waals surface area contributed by atoms with E-state index in [9.17, 15) is 0 Å². The van der Waals surface area contributed by atoms with Gasteiger partial charge in [-0.1, -0.05) is 43.3 Å². The van der Waals surface area contributed by atoms with Crippen molar-refractivity contribution in [3.8, 4) is 0 Å². The van der Waals surface area contributed by atoms with Crippen molar-refractivity contribution in [2.75, 3.05) is 0 Å². The molecule has 27 heavy (non-hydrogen) atoms. The van der Waals surface area contributed by atoms with E-state index in [2.05, 4.69) is 113 Å². The fourth-order valence-corrected chi connectivity index (χ4v) is 3.24. The molecule has 0 aliphatic carbocycles. The molecule has 0 aliphatic heterocycles. The van der Waals surface area contributed by atoms with Gasteiger partial charge < -0.3 is 4.57 Å². The van der Waals surface area contributed by atoms with Gasteiger partial charge in [-0.2, -0.15) is 0 Å². The maximum absolute atomic E-state index is 2.27. The average Bonchev–Trinajstić information content (AvgIpc) is 3.34. The molecule has 4 nitrogen and oxygen atoms in total. The van der Waals surface area contributed by atoms with Crippen LogP contribution in [0.25, 0.3) is 0 Å². The molecule has 3 rings (SSSR count). The largest absolute Gasteiger partial charge is 0.371 e. The fraction of sp³-hybridized carbons (Fsp3) is 0.348. The lowest BCUT2D eigenvalue weighted by Crippen LogP contribution is -2.32. The van der Waals surface area contributed by atoms with Gasteiger partial charge >= 0.3 is 0 Å². The molecule has 142 valence electrons. The molecule has 0 bridgehead atoms. The zero-order chi connectivity index (χ0) is 18.9. The molecule has 2 aromatic heterocycles. The molecule has 0 amide bonds. The summed E-state index contributed by atoms with van der Waals surface area (Å²) in [6.45, 7) is 9.57.